The molecule has 0 atom stereocenters. The van der Waals surface area contributed by atoms with Crippen molar-refractivity contribution in [2.24, 2.45) is 0 Å². The summed E-state index contributed by atoms with van der Waals surface area (Å²) in [6, 6.07) is 7.08. The third kappa shape index (κ3) is 6.51. The second-order valence-corrected chi connectivity index (χ2v) is 3.31. The van der Waals surface area contributed by atoms with Gasteiger partial charge >= 0.3 is 0 Å². The minimum absolute atomic E-state index is 0.678. The van der Waals surface area contributed by atoms with Crippen molar-refractivity contribution in [3.05, 3.63) is 34.3 Å². The van der Waals surface area contributed by atoms with Crippen LogP contribution in [0.25, 0.3) is 0 Å². The predicted octanol–water partition coefficient (Wildman–Crippen LogP) is 4.80. The van der Waals surface area contributed by atoms with Crippen LogP contribution in [-0.4, -0.2) is 0 Å². The zero-order valence-electron chi connectivity index (χ0n) is 7.48. The summed E-state index contributed by atoms with van der Waals surface area (Å²) in [4.78, 5) is 0. The van der Waals surface area contributed by atoms with E-state index in [1.807, 2.05) is 6.07 Å². The summed E-state index contributed by atoms with van der Waals surface area (Å²) in [5, 5.41) is 1.36. The lowest BCUT2D eigenvalue weighted by molar-refractivity contribution is 0.886. The van der Waals surface area contributed by atoms with Crippen LogP contribution in [-0.2, 0) is 0 Å². The van der Waals surface area contributed by atoms with Gasteiger partial charge in [-0.3, -0.25) is 0 Å². The van der Waals surface area contributed by atoms with Gasteiger partial charge in [0.2, 0.25) is 0 Å². The number of rotatable bonds is 1. The molecule has 0 aliphatic rings. The van der Waals surface area contributed by atoms with Crippen LogP contribution in [0.2, 0.25) is 10.0 Å². The molecule has 0 heterocycles. The molecular formula is C10H14Cl2. The van der Waals surface area contributed by atoms with E-state index in [4.69, 9.17) is 23.2 Å². The van der Waals surface area contributed by atoms with Gasteiger partial charge in [-0.25, -0.2) is 0 Å². The van der Waals surface area contributed by atoms with Crippen molar-refractivity contribution in [2.45, 2.75) is 26.7 Å². The first kappa shape index (κ1) is 11.8. The second-order valence-electron chi connectivity index (χ2n) is 2.44. The fourth-order valence-electron chi connectivity index (χ4n) is 0.460. The topological polar surface area (TPSA) is 0 Å². The van der Waals surface area contributed by atoms with Gasteiger partial charge in [-0.1, -0.05) is 56.0 Å². The lowest BCUT2D eigenvalue weighted by Crippen LogP contribution is -1.61. The lowest BCUT2D eigenvalue weighted by Gasteiger charge is -1.86. The van der Waals surface area contributed by atoms with Gasteiger partial charge < -0.3 is 0 Å². The third-order valence-electron chi connectivity index (χ3n) is 1.29. The van der Waals surface area contributed by atoms with Gasteiger partial charge in [-0.2, -0.15) is 0 Å². The first-order chi connectivity index (χ1) is 5.70. The molecule has 1 aromatic rings. The van der Waals surface area contributed by atoms with Crippen LogP contribution in [0.1, 0.15) is 26.7 Å². The summed E-state index contributed by atoms with van der Waals surface area (Å²) >= 11 is 11.1. The molecule has 0 radical (unpaired) electrons. The summed E-state index contributed by atoms with van der Waals surface area (Å²) < 4.78 is 0. The Bertz CT molecular complexity index is 189. The van der Waals surface area contributed by atoms with Crippen molar-refractivity contribution in [3.8, 4) is 0 Å². The Kier molecular flexibility index (Phi) is 7.33. The maximum Gasteiger partial charge on any atom is 0.0420 e. The highest BCUT2D eigenvalue weighted by Crippen LogP contribution is 2.13. The Morgan fingerprint density at radius 1 is 1.00 bits per heavy atom. The molecule has 1 aromatic carbocycles. The van der Waals surface area contributed by atoms with Gasteiger partial charge in [-0.05, 0) is 18.2 Å². The number of halogens is 2. The Labute approximate surface area is 84.5 Å². The van der Waals surface area contributed by atoms with E-state index in [2.05, 4.69) is 13.8 Å². The normalized spacial score (nSPS) is 8.67. The average Bonchev–Trinajstić information content (AvgIpc) is 2.04. The standard InChI is InChI=1S/C6H4Cl2.C4H10/c7-5-2-1-3-6(8)4-5;1-3-4-2/h1-4H;3-4H2,1-2H3. The zero-order valence-corrected chi connectivity index (χ0v) is 8.99. The van der Waals surface area contributed by atoms with E-state index in [1.165, 1.54) is 12.8 Å². The molecule has 0 saturated heterocycles. The van der Waals surface area contributed by atoms with Gasteiger partial charge in [0.05, 0.1) is 0 Å². The molecule has 0 bridgehead atoms. The smallest absolute Gasteiger partial charge is 0.0420 e. The van der Waals surface area contributed by atoms with E-state index in [-0.39, 0.29) is 0 Å². The molecule has 0 fully saturated rings. The van der Waals surface area contributed by atoms with Gasteiger partial charge in [-0.15, -0.1) is 0 Å². The highest BCUT2D eigenvalue weighted by atomic mass is 35.5. The largest absolute Gasteiger partial charge is 0.0843 e. The zero-order chi connectivity index (χ0) is 9.40. The Morgan fingerprint density at radius 3 is 1.58 bits per heavy atom. The molecule has 0 aliphatic heterocycles. The summed E-state index contributed by atoms with van der Waals surface area (Å²) in [6.07, 6.45) is 2.64. The Hall–Kier alpha value is -0.200. The van der Waals surface area contributed by atoms with Gasteiger partial charge in [0, 0.05) is 10.0 Å². The molecule has 12 heavy (non-hydrogen) atoms. The van der Waals surface area contributed by atoms with Crippen LogP contribution in [0.3, 0.4) is 0 Å². The second kappa shape index (κ2) is 7.45. The monoisotopic (exact) mass is 204 g/mol. The molecule has 2 heteroatoms. The van der Waals surface area contributed by atoms with Crippen molar-refractivity contribution in [1.82, 2.24) is 0 Å². The maximum atomic E-state index is 5.56. The number of hydrogen-bond donors (Lipinski definition) is 0. The molecule has 0 aromatic heterocycles. The molecule has 68 valence electrons. The highest BCUT2D eigenvalue weighted by molar-refractivity contribution is 6.34. The molecule has 1 rings (SSSR count). The molecule has 0 aliphatic carbocycles. The first-order valence-corrected chi connectivity index (χ1v) is 4.87. The molecule has 0 spiro atoms. The predicted molar refractivity (Wildman–Crippen MR) is 57.0 cm³/mol. The van der Waals surface area contributed by atoms with E-state index in [1.54, 1.807) is 18.2 Å². The molecular weight excluding hydrogens is 191 g/mol. The summed E-state index contributed by atoms with van der Waals surface area (Å²) in [5.41, 5.74) is 0. The Balaban J connectivity index is 0.000000261. The van der Waals surface area contributed by atoms with Crippen LogP contribution >= 0.6 is 23.2 Å². The molecule has 0 saturated carbocycles. The Morgan fingerprint density at radius 2 is 1.42 bits per heavy atom. The van der Waals surface area contributed by atoms with E-state index in [0.717, 1.165) is 0 Å². The van der Waals surface area contributed by atoms with Gasteiger partial charge in [0.25, 0.3) is 0 Å². The number of benzene rings is 1. The van der Waals surface area contributed by atoms with Crippen LogP contribution in [0.5, 0.6) is 0 Å². The van der Waals surface area contributed by atoms with E-state index >= 15 is 0 Å². The number of unbranched alkanes of at least 4 members (excludes halogenated alkanes) is 1. The van der Waals surface area contributed by atoms with Crippen LogP contribution in [0, 0.1) is 0 Å². The fraction of sp³-hybridized carbons (Fsp3) is 0.400. The van der Waals surface area contributed by atoms with Crippen molar-refractivity contribution in [2.75, 3.05) is 0 Å². The van der Waals surface area contributed by atoms with Crippen molar-refractivity contribution in [1.29, 1.82) is 0 Å². The first-order valence-electron chi connectivity index (χ1n) is 4.11. The molecule has 0 amide bonds. The average molecular weight is 205 g/mol. The highest BCUT2D eigenvalue weighted by Gasteiger charge is 1.84. The van der Waals surface area contributed by atoms with E-state index in [0.29, 0.717) is 10.0 Å². The van der Waals surface area contributed by atoms with Crippen molar-refractivity contribution in [3.63, 3.8) is 0 Å². The van der Waals surface area contributed by atoms with Crippen molar-refractivity contribution >= 4 is 23.2 Å². The molecule has 0 N–H and O–H groups in total. The fourth-order valence-corrected chi connectivity index (χ4v) is 0.896. The van der Waals surface area contributed by atoms with Gasteiger partial charge in [0.15, 0.2) is 0 Å². The minimum Gasteiger partial charge on any atom is -0.0843 e. The molecule has 0 nitrogen and oxygen atoms in total. The summed E-state index contributed by atoms with van der Waals surface area (Å²) in [6.45, 7) is 4.36. The quantitative estimate of drug-likeness (QED) is 0.617. The molecule has 0 unspecified atom stereocenters. The van der Waals surface area contributed by atoms with Crippen LogP contribution in [0.4, 0.5) is 0 Å². The third-order valence-corrected chi connectivity index (χ3v) is 1.76. The maximum absolute atomic E-state index is 5.56. The summed E-state index contributed by atoms with van der Waals surface area (Å²) in [7, 11) is 0. The van der Waals surface area contributed by atoms with Crippen molar-refractivity contribution < 1.29 is 0 Å². The van der Waals surface area contributed by atoms with Crippen LogP contribution in [0.15, 0.2) is 24.3 Å². The SMILES string of the molecule is CCCC.Clc1cccc(Cl)c1. The van der Waals surface area contributed by atoms with E-state index in [9.17, 15) is 0 Å². The lowest BCUT2D eigenvalue weighted by atomic mass is 10.4. The van der Waals surface area contributed by atoms with E-state index < -0.39 is 0 Å². The summed E-state index contributed by atoms with van der Waals surface area (Å²) in [5.74, 6) is 0. The number of hydrogen-bond acceptors (Lipinski definition) is 0. The minimum atomic E-state index is 0.678. The van der Waals surface area contributed by atoms with Crippen LogP contribution < -0.4 is 0 Å². The van der Waals surface area contributed by atoms with Gasteiger partial charge in [0.1, 0.15) is 0 Å².